The van der Waals surface area contributed by atoms with Crippen LogP contribution in [0.2, 0.25) is 0 Å². The zero-order valence-electron chi connectivity index (χ0n) is 10.2. The molecule has 0 radical (unpaired) electrons. The highest BCUT2D eigenvalue weighted by molar-refractivity contribution is 5.64. The molecular formula is C14H12N4O. The molecule has 0 unspecified atom stereocenters. The SMILES string of the molecule is C=Cc1ccc(Nc2ccc(N=O)cn2)nc1C=C. The van der Waals surface area contributed by atoms with Crippen molar-refractivity contribution in [2.24, 2.45) is 5.18 Å². The quantitative estimate of drug-likeness (QED) is 0.819. The Morgan fingerprint density at radius 1 is 1.11 bits per heavy atom. The van der Waals surface area contributed by atoms with Crippen LogP contribution in [0.25, 0.3) is 12.2 Å². The van der Waals surface area contributed by atoms with E-state index in [0.29, 0.717) is 11.6 Å². The topological polar surface area (TPSA) is 67.2 Å². The first-order valence-electron chi connectivity index (χ1n) is 5.59. The summed E-state index contributed by atoms with van der Waals surface area (Å²) in [4.78, 5) is 18.7. The van der Waals surface area contributed by atoms with Crippen molar-refractivity contribution in [1.29, 1.82) is 0 Å². The van der Waals surface area contributed by atoms with Crippen molar-refractivity contribution in [2.75, 3.05) is 5.32 Å². The molecule has 94 valence electrons. The second-order valence-electron chi connectivity index (χ2n) is 3.70. The standard InChI is InChI=1S/C14H12N4O/c1-3-10-5-7-14(16-12(10)4-2)17-13-8-6-11(18-19)9-15-13/h3-9H,1-2H2,(H,15,16,17). The summed E-state index contributed by atoms with van der Waals surface area (Å²) in [7, 11) is 0. The van der Waals surface area contributed by atoms with Crippen molar-refractivity contribution >= 4 is 29.5 Å². The molecule has 0 aliphatic rings. The van der Waals surface area contributed by atoms with E-state index in [1.807, 2.05) is 12.1 Å². The first kappa shape index (κ1) is 12.6. The zero-order valence-corrected chi connectivity index (χ0v) is 10.2. The molecule has 2 rings (SSSR count). The highest BCUT2D eigenvalue weighted by Crippen LogP contribution is 2.18. The number of nitrogens with one attached hydrogen (secondary N) is 1. The summed E-state index contributed by atoms with van der Waals surface area (Å²) < 4.78 is 0. The Bertz CT molecular complexity index is 620. The fraction of sp³-hybridized carbons (Fsp3) is 0. The molecular weight excluding hydrogens is 240 g/mol. The van der Waals surface area contributed by atoms with Gasteiger partial charge < -0.3 is 5.32 Å². The second kappa shape index (κ2) is 5.68. The minimum absolute atomic E-state index is 0.285. The molecule has 0 spiro atoms. The van der Waals surface area contributed by atoms with E-state index in [4.69, 9.17) is 0 Å². The lowest BCUT2D eigenvalue weighted by Gasteiger charge is -2.07. The van der Waals surface area contributed by atoms with Gasteiger partial charge in [0.25, 0.3) is 0 Å². The van der Waals surface area contributed by atoms with Crippen LogP contribution in [0.5, 0.6) is 0 Å². The summed E-state index contributed by atoms with van der Waals surface area (Å²) in [5.74, 6) is 1.22. The van der Waals surface area contributed by atoms with E-state index < -0.39 is 0 Å². The molecule has 19 heavy (non-hydrogen) atoms. The van der Waals surface area contributed by atoms with E-state index >= 15 is 0 Å². The largest absolute Gasteiger partial charge is 0.325 e. The lowest BCUT2D eigenvalue weighted by atomic mass is 10.2. The predicted molar refractivity (Wildman–Crippen MR) is 77.4 cm³/mol. The maximum Gasteiger partial charge on any atom is 0.132 e. The lowest BCUT2D eigenvalue weighted by molar-refractivity contribution is 1.23. The molecule has 5 nitrogen and oxygen atoms in total. The number of rotatable bonds is 5. The first-order valence-corrected chi connectivity index (χ1v) is 5.59. The molecule has 5 heteroatoms. The minimum Gasteiger partial charge on any atom is -0.325 e. The molecule has 0 aromatic carbocycles. The molecule has 2 aromatic rings. The van der Waals surface area contributed by atoms with Gasteiger partial charge in [-0.2, -0.15) is 0 Å². The monoisotopic (exact) mass is 252 g/mol. The van der Waals surface area contributed by atoms with Gasteiger partial charge in [0.1, 0.15) is 17.3 Å². The molecule has 2 heterocycles. The van der Waals surface area contributed by atoms with Crippen molar-refractivity contribution in [2.45, 2.75) is 0 Å². The van der Waals surface area contributed by atoms with Gasteiger partial charge in [0.15, 0.2) is 0 Å². The van der Waals surface area contributed by atoms with Crippen LogP contribution in [0, 0.1) is 4.91 Å². The third kappa shape index (κ3) is 2.90. The van der Waals surface area contributed by atoms with E-state index in [-0.39, 0.29) is 5.69 Å². The average Bonchev–Trinajstić information content (AvgIpc) is 2.48. The lowest BCUT2D eigenvalue weighted by Crippen LogP contribution is -1.97. The highest BCUT2D eigenvalue weighted by atomic mass is 16.3. The van der Waals surface area contributed by atoms with Crippen LogP contribution in [-0.4, -0.2) is 9.97 Å². The van der Waals surface area contributed by atoms with Crippen molar-refractivity contribution in [1.82, 2.24) is 9.97 Å². The van der Waals surface area contributed by atoms with Crippen LogP contribution < -0.4 is 5.32 Å². The molecule has 1 N–H and O–H groups in total. The Morgan fingerprint density at radius 3 is 2.47 bits per heavy atom. The van der Waals surface area contributed by atoms with Crippen LogP contribution in [-0.2, 0) is 0 Å². The van der Waals surface area contributed by atoms with Gasteiger partial charge in [0.2, 0.25) is 0 Å². The molecule has 0 fully saturated rings. The number of nitrogens with zero attached hydrogens (tertiary/aromatic N) is 3. The summed E-state index contributed by atoms with van der Waals surface area (Å²) >= 11 is 0. The number of hydrogen-bond acceptors (Lipinski definition) is 5. The van der Waals surface area contributed by atoms with Crippen molar-refractivity contribution < 1.29 is 0 Å². The maximum atomic E-state index is 10.3. The fourth-order valence-corrected chi connectivity index (χ4v) is 1.54. The first-order chi connectivity index (χ1) is 9.26. The summed E-state index contributed by atoms with van der Waals surface area (Å²) in [6, 6.07) is 6.94. The van der Waals surface area contributed by atoms with Crippen molar-refractivity contribution in [3.05, 3.63) is 59.8 Å². The molecule has 0 aliphatic carbocycles. The Labute approximate surface area is 110 Å². The third-order valence-electron chi connectivity index (χ3n) is 2.48. The number of hydrogen-bond donors (Lipinski definition) is 1. The van der Waals surface area contributed by atoms with Gasteiger partial charge in [-0.05, 0) is 41.1 Å². The van der Waals surface area contributed by atoms with Gasteiger partial charge in [-0.3, -0.25) is 0 Å². The van der Waals surface area contributed by atoms with Crippen molar-refractivity contribution in [3.63, 3.8) is 0 Å². The van der Waals surface area contributed by atoms with E-state index in [2.05, 4.69) is 33.6 Å². The van der Waals surface area contributed by atoms with Gasteiger partial charge in [0, 0.05) is 0 Å². The molecule has 0 saturated heterocycles. The summed E-state index contributed by atoms with van der Waals surface area (Å²) in [5.41, 5.74) is 1.94. The fourth-order valence-electron chi connectivity index (χ4n) is 1.54. The van der Waals surface area contributed by atoms with Crippen LogP contribution in [0.3, 0.4) is 0 Å². The van der Waals surface area contributed by atoms with Gasteiger partial charge in [-0.15, -0.1) is 4.91 Å². The molecule has 0 bridgehead atoms. The third-order valence-corrected chi connectivity index (χ3v) is 2.48. The summed E-state index contributed by atoms with van der Waals surface area (Å²) in [6.45, 7) is 7.42. The van der Waals surface area contributed by atoms with Crippen molar-refractivity contribution in [3.8, 4) is 0 Å². The van der Waals surface area contributed by atoms with Crippen LogP contribution in [0.4, 0.5) is 17.3 Å². The number of aromatic nitrogens is 2. The molecule has 0 atom stereocenters. The van der Waals surface area contributed by atoms with Crippen LogP contribution >= 0.6 is 0 Å². The Morgan fingerprint density at radius 2 is 1.89 bits per heavy atom. The van der Waals surface area contributed by atoms with Gasteiger partial charge in [-0.25, -0.2) is 9.97 Å². The highest BCUT2D eigenvalue weighted by Gasteiger charge is 2.02. The van der Waals surface area contributed by atoms with E-state index in [1.165, 1.54) is 6.20 Å². The number of pyridine rings is 2. The average molecular weight is 252 g/mol. The Kier molecular flexibility index (Phi) is 3.78. The molecule has 2 aromatic heterocycles. The molecule has 0 amide bonds. The Balaban J connectivity index is 2.24. The van der Waals surface area contributed by atoms with E-state index in [1.54, 1.807) is 24.3 Å². The van der Waals surface area contributed by atoms with Crippen LogP contribution in [0.15, 0.2) is 48.8 Å². The van der Waals surface area contributed by atoms with Gasteiger partial charge >= 0.3 is 0 Å². The zero-order chi connectivity index (χ0) is 13.7. The second-order valence-corrected chi connectivity index (χ2v) is 3.70. The molecule has 0 saturated carbocycles. The molecule has 0 aliphatic heterocycles. The summed E-state index contributed by atoms with van der Waals surface area (Å²) in [6.07, 6.45) is 4.77. The Hall–Kier alpha value is -2.82. The van der Waals surface area contributed by atoms with Crippen LogP contribution in [0.1, 0.15) is 11.3 Å². The van der Waals surface area contributed by atoms with E-state index in [9.17, 15) is 4.91 Å². The number of nitroso groups, excluding NO2 is 1. The number of anilines is 2. The smallest absolute Gasteiger partial charge is 0.132 e. The summed E-state index contributed by atoms with van der Waals surface area (Å²) in [5, 5.41) is 5.82. The van der Waals surface area contributed by atoms with E-state index in [0.717, 1.165) is 11.3 Å². The predicted octanol–water partition coefficient (Wildman–Crippen LogP) is 3.90. The maximum absolute atomic E-state index is 10.3. The van der Waals surface area contributed by atoms with Gasteiger partial charge in [-0.1, -0.05) is 19.2 Å². The normalized spacial score (nSPS) is 9.68. The minimum atomic E-state index is 0.285. The van der Waals surface area contributed by atoms with Gasteiger partial charge in [0.05, 0.1) is 11.9 Å².